The molecule has 2 rings (SSSR count). The summed E-state index contributed by atoms with van der Waals surface area (Å²) >= 11 is 0. The van der Waals surface area contributed by atoms with E-state index in [1.54, 1.807) is 4.57 Å². The van der Waals surface area contributed by atoms with Crippen LogP contribution in [0.4, 0.5) is 0 Å². The number of amides is 1. The molecule has 0 aliphatic heterocycles. The van der Waals surface area contributed by atoms with E-state index in [0.717, 1.165) is 11.0 Å². The van der Waals surface area contributed by atoms with Crippen LogP contribution in [-0.4, -0.2) is 20.6 Å². The number of hydrogen-bond acceptors (Lipinski definition) is 4. The van der Waals surface area contributed by atoms with Gasteiger partial charge in [0.1, 0.15) is 19.0 Å². The highest BCUT2D eigenvalue weighted by Crippen LogP contribution is 2.15. The first-order chi connectivity index (χ1) is 7.76. The zero-order valence-corrected chi connectivity index (χ0v) is 8.55. The molecule has 0 saturated carbocycles. The highest BCUT2D eigenvalue weighted by molar-refractivity contribution is 5.80. The van der Waals surface area contributed by atoms with Crippen molar-refractivity contribution in [2.45, 2.75) is 13.2 Å². The Morgan fingerprint density at radius 2 is 2.25 bits per heavy atom. The maximum absolute atomic E-state index is 11.2. The van der Waals surface area contributed by atoms with Gasteiger partial charge < -0.3 is 9.67 Å². The molecule has 0 aliphatic rings. The molecule has 16 heavy (non-hydrogen) atoms. The van der Waals surface area contributed by atoms with Crippen LogP contribution in [0.1, 0.15) is 5.82 Å². The predicted octanol–water partition coefficient (Wildman–Crippen LogP) is -0.481. The Bertz CT molecular complexity index is 521. The molecule has 1 heterocycles. The summed E-state index contributed by atoms with van der Waals surface area (Å²) < 4.78 is 1.64. The minimum atomic E-state index is -0.335. The van der Waals surface area contributed by atoms with Crippen molar-refractivity contribution in [1.29, 1.82) is 0 Å². The van der Waals surface area contributed by atoms with Crippen LogP contribution in [0, 0.1) is 0 Å². The third kappa shape index (κ3) is 1.75. The van der Waals surface area contributed by atoms with Gasteiger partial charge in [-0.15, -0.1) is 0 Å². The normalized spacial score (nSPS) is 10.6. The van der Waals surface area contributed by atoms with E-state index in [4.69, 9.17) is 10.9 Å². The summed E-state index contributed by atoms with van der Waals surface area (Å²) in [5.41, 5.74) is 3.60. The number of aliphatic hydroxyl groups is 1. The Kier molecular flexibility index (Phi) is 2.84. The Morgan fingerprint density at radius 3 is 2.94 bits per heavy atom. The highest BCUT2D eigenvalue weighted by atomic mass is 16.3. The molecule has 0 aliphatic carbocycles. The van der Waals surface area contributed by atoms with Crippen LogP contribution in [-0.2, 0) is 17.9 Å². The Morgan fingerprint density at radius 1 is 1.50 bits per heavy atom. The van der Waals surface area contributed by atoms with Crippen molar-refractivity contribution in [2.24, 2.45) is 5.84 Å². The van der Waals surface area contributed by atoms with Gasteiger partial charge in [-0.1, -0.05) is 12.1 Å². The Hall–Kier alpha value is -1.92. The van der Waals surface area contributed by atoms with Gasteiger partial charge >= 0.3 is 0 Å². The smallest absolute Gasteiger partial charge is 0.253 e. The SMILES string of the molecule is NNC(=O)Cn1c(CO)nc2ccccc21. The third-order valence-electron chi connectivity index (χ3n) is 2.34. The number of carbonyl (C=O) groups excluding carboxylic acids is 1. The topological polar surface area (TPSA) is 93.2 Å². The first-order valence-corrected chi connectivity index (χ1v) is 4.80. The number of hydrazine groups is 1. The van der Waals surface area contributed by atoms with Crippen LogP contribution in [0.3, 0.4) is 0 Å². The molecule has 1 amide bonds. The first kappa shape index (κ1) is 10.6. The van der Waals surface area contributed by atoms with Crippen molar-refractivity contribution >= 4 is 16.9 Å². The van der Waals surface area contributed by atoms with Crippen molar-refractivity contribution < 1.29 is 9.90 Å². The number of imidazole rings is 1. The van der Waals surface area contributed by atoms with Crippen LogP contribution in [0.25, 0.3) is 11.0 Å². The van der Waals surface area contributed by atoms with E-state index in [1.165, 1.54) is 0 Å². The number of fused-ring (bicyclic) bond motifs is 1. The lowest BCUT2D eigenvalue weighted by molar-refractivity contribution is -0.121. The molecule has 84 valence electrons. The molecule has 1 aromatic carbocycles. The summed E-state index contributed by atoms with van der Waals surface area (Å²) in [6, 6.07) is 7.36. The van der Waals surface area contributed by atoms with Crippen LogP contribution < -0.4 is 11.3 Å². The summed E-state index contributed by atoms with van der Waals surface area (Å²) in [5.74, 6) is 5.14. The fourth-order valence-electron chi connectivity index (χ4n) is 1.61. The minimum absolute atomic E-state index is 0.0485. The Labute approximate surface area is 91.7 Å². The quantitative estimate of drug-likeness (QED) is 0.370. The number of nitrogens with one attached hydrogen (secondary N) is 1. The van der Waals surface area contributed by atoms with Gasteiger partial charge in [0.25, 0.3) is 5.91 Å². The van der Waals surface area contributed by atoms with Crippen LogP contribution >= 0.6 is 0 Å². The molecule has 6 nitrogen and oxygen atoms in total. The van der Waals surface area contributed by atoms with Crippen molar-refractivity contribution in [3.8, 4) is 0 Å². The maximum atomic E-state index is 11.2. The molecule has 0 saturated heterocycles. The average Bonchev–Trinajstić information content (AvgIpc) is 2.67. The zero-order chi connectivity index (χ0) is 11.5. The maximum Gasteiger partial charge on any atom is 0.253 e. The van der Waals surface area contributed by atoms with Crippen molar-refractivity contribution in [3.05, 3.63) is 30.1 Å². The summed E-state index contributed by atoms with van der Waals surface area (Å²) in [5, 5.41) is 9.16. The molecule has 1 aromatic heterocycles. The molecule has 0 spiro atoms. The highest BCUT2D eigenvalue weighted by Gasteiger charge is 2.11. The lowest BCUT2D eigenvalue weighted by Crippen LogP contribution is -2.33. The molecule has 4 N–H and O–H groups in total. The van der Waals surface area contributed by atoms with Crippen LogP contribution in [0.5, 0.6) is 0 Å². The fraction of sp³-hybridized carbons (Fsp3) is 0.200. The summed E-state index contributed by atoms with van der Waals surface area (Å²) in [7, 11) is 0. The molecule has 2 aromatic rings. The van der Waals surface area contributed by atoms with Gasteiger partial charge in [-0.05, 0) is 12.1 Å². The minimum Gasteiger partial charge on any atom is -0.388 e. The van der Waals surface area contributed by atoms with E-state index in [-0.39, 0.29) is 19.1 Å². The molecular formula is C10H12N4O2. The van der Waals surface area contributed by atoms with Gasteiger partial charge in [0.2, 0.25) is 0 Å². The number of aromatic nitrogens is 2. The molecule has 0 fully saturated rings. The number of nitrogens with zero attached hydrogens (tertiary/aromatic N) is 2. The van der Waals surface area contributed by atoms with Gasteiger partial charge in [-0.25, -0.2) is 10.8 Å². The largest absolute Gasteiger partial charge is 0.388 e. The molecular weight excluding hydrogens is 208 g/mol. The van der Waals surface area contributed by atoms with E-state index < -0.39 is 0 Å². The summed E-state index contributed by atoms with van der Waals surface area (Å²) in [6.45, 7) is -0.167. The number of nitrogens with two attached hydrogens (primary N) is 1. The number of para-hydroxylation sites is 2. The predicted molar refractivity (Wildman–Crippen MR) is 58.0 cm³/mol. The monoisotopic (exact) mass is 220 g/mol. The zero-order valence-electron chi connectivity index (χ0n) is 8.55. The average molecular weight is 220 g/mol. The second kappa shape index (κ2) is 4.30. The standard InChI is InChI=1S/C10H12N4O2/c11-13-10(16)5-14-8-4-2-1-3-7(8)12-9(14)6-15/h1-4,15H,5-6,11H2,(H,13,16). The number of aliphatic hydroxyl groups excluding tert-OH is 1. The van der Waals surface area contributed by atoms with Gasteiger partial charge in [-0.3, -0.25) is 10.2 Å². The van der Waals surface area contributed by atoms with E-state index in [0.29, 0.717) is 5.82 Å². The fourth-order valence-corrected chi connectivity index (χ4v) is 1.61. The van der Waals surface area contributed by atoms with Crippen molar-refractivity contribution in [1.82, 2.24) is 15.0 Å². The number of benzene rings is 1. The number of hydrogen-bond donors (Lipinski definition) is 3. The third-order valence-corrected chi connectivity index (χ3v) is 2.34. The molecule has 0 radical (unpaired) electrons. The number of carbonyl (C=O) groups is 1. The van der Waals surface area contributed by atoms with Crippen LogP contribution in [0.15, 0.2) is 24.3 Å². The van der Waals surface area contributed by atoms with Gasteiger partial charge in [0, 0.05) is 0 Å². The van der Waals surface area contributed by atoms with E-state index in [9.17, 15) is 4.79 Å². The van der Waals surface area contributed by atoms with Crippen molar-refractivity contribution in [3.63, 3.8) is 0 Å². The summed E-state index contributed by atoms with van der Waals surface area (Å²) in [4.78, 5) is 15.4. The van der Waals surface area contributed by atoms with E-state index in [1.807, 2.05) is 24.3 Å². The van der Waals surface area contributed by atoms with Gasteiger partial charge in [0.05, 0.1) is 11.0 Å². The lowest BCUT2D eigenvalue weighted by Gasteiger charge is -2.05. The first-order valence-electron chi connectivity index (χ1n) is 4.80. The second-order valence-electron chi connectivity index (χ2n) is 3.33. The molecule has 0 unspecified atom stereocenters. The van der Waals surface area contributed by atoms with Gasteiger partial charge in [-0.2, -0.15) is 0 Å². The molecule has 0 bridgehead atoms. The van der Waals surface area contributed by atoms with E-state index in [2.05, 4.69) is 10.4 Å². The lowest BCUT2D eigenvalue weighted by atomic mass is 10.3. The van der Waals surface area contributed by atoms with Crippen LogP contribution in [0.2, 0.25) is 0 Å². The van der Waals surface area contributed by atoms with Crippen molar-refractivity contribution in [2.75, 3.05) is 0 Å². The second-order valence-corrected chi connectivity index (χ2v) is 3.33. The molecule has 0 atom stereocenters. The Balaban J connectivity index is 2.51. The molecule has 6 heteroatoms. The summed E-state index contributed by atoms with van der Waals surface area (Å²) in [6.07, 6.45) is 0. The van der Waals surface area contributed by atoms with E-state index >= 15 is 0 Å². The van der Waals surface area contributed by atoms with Gasteiger partial charge in [0.15, 0.2) is 0 Å². The number of rotatable bonds is 3.